The number of methoxy groups -OCH3 is 1. The summed E-state index contributed by atoms with van der Waals surface area (Å²) in [5, 5.41) is 2.85. The molecule has 1 aromatic heterocycles. The number of carbonyl (C=O) groups is 2. The Balaban J connectivity index is 1.48. The average Bonchev–Trinajstić information content (AvgIpc) is 2.74. The number of ether oxygens (including phenoxy) is 1. The molecule has 2 aliphatic rings. The molecule has 29 heavy (non-hydrogen) atoms. The first-order valence-electron chi connectivity index (χ1n) is 9.92. The first-order valence-corrected chi connectivity index (χ1v) is 9.92. The summed E-state index contributed by atoms with van der Waals surface area (Å²) in [5.74, 6) is -0.0954. The zero-order valence-electron chi connectivity index (χ0n) is 16.4. The van der Waals surface area contributed by atoms with Crippen molar-refractivity contribution >= 4 is 12.0 Å². The van der Waals surface area contributed by atoms with Gasteiger partial charge in [0.15, 0.2) is 0 Å². The zero-order valence-corrected chi connectivity index (χ0v) is 16.4. The fourth-order valence-electron chi connectivity index (χ4n) is 4.49. The number of aromatic nitrogens is 1. The second-order valence-corrected chi connectivity index (χ2v) is 7.82. The molecule has 0 radical (unpaired) electrons. The molecule has 0 aliphatic carbocycles. The predicted molar refractivity (Wildman–Crippen MR) is 108 cm³/mol. The van der Waals surface area contributed by atoms with Crippen molar-refractivity contribution in [2.45, 2.75) is 31.3 Å². The highest BCUT2D eigenvalue weighted by atomic mass is 16.5. The minimum atomic E-state index is -0.744. The molecule has 3 atom stereocenters. The molecule has 1 fully saturated rings. The largest absolute Gasteiger partial charge is 0.467 e. The molecule has 1 aromatic carbocycles. The predicted octanol–water partition coefficient (Wildman–Crippen LogP) is 1.76. The van der Waals surface area contributed by atoms with E-state index < -0.39 is 12.0 Å². The second kappa shape index (κ2) is 8.11. The first-order chi connectivity index (χ1) is 14.0. The minimum absolute atomic E-state index is 0.0173. The van der Waals surface area contributed by atoms with Crippen LogP contribution in [0, 0.1) is 5.92 Å². The van der Waals surface area contributed by atoms with Gasteiger partial charge in [0.1, 0.15) is 6.04 Å². The third-order valence-corrected chi connectivity index (χ3v) is 5.83. The Morgan fingerprint density at radius 1 is 1.10 bits per heavy atom. The van der Waals surface area contributed by atoms with Gasteiger partial charge in [-0.15, -0.1) is 0 Å². The Labute approximate surface area is 169 Å². The minimum Gasteiger partial charge on any atom is -0.467 e. The monoisotopic (exact) mass is 395 g/mol. The quantitative estimate of drug-likeness (QED) is 0.800. The van der Waals surface area contributed by atoms with Crippen LogP contribution in [0.3, 0.4) is 0 Å². The molecule has 0 spiro atoms. The smallest absolute Gasteiger partial charge is 0.328 e. The molecule has 7 heteroatoms. The third kappa shape index (κ3) is 4.04. The Morgan fingerprint density at radius 3 is 2.66 bits per heavy atom. The van der Waals surface area contributed by atoms with E-state index in [1.54, 1.807) is 17.0 Å². The third-order valence-electron chi connectivity index (χ3n) is 5.83. The van der Waals surface area contributed by atoms with Crippen molar-refractivity contribution in [1.29, 1.82) is 0 Å². The summed E-state index contributed by atoms with van der Waals surface area (Å²) in [6.07, 6.45) is 1.34. The van der Waals surface area contributed by atoms with Crippen molar-refractivity contribution in [1.82, 2.24) is 14.8 Å². The number of hydrogen-bond acceptors (Lipinski definition) is 4. The van der Waals surface area contributed by atoms with Crippen LogP contribution in [0.5, 0.6) is 0 Å². The molecule has 4 rings (SSSR count). The number of carbonyl (C=O) groups excluding carboxylic acids is 2. The molecule has 1 N–H and O–H groups in total. The highest BCUT2D eigenvalue weighted by Gasteiger charge is 2.37. The van der Waals surface area contributed by atoms with Gasteiger partial charge in [-0.05, 0) is 24.0 Å². The van der Waals surface area contributed by atoms with E-state index >= 15 is 0 Å². The number of nitrogens with one attached hydrogen (secondary N) is 1. The van der Waals surface area contributed by atoms with Crippen LogP contribution in [0.2, 0.25) is 0 Å². The van der Waals surface area contributed by atoms with Crippen LogP contribution in [0.25, 0.3) is 0 Å². The van der Waals surface area contributed by atoms with Crippen LogP contribution >= 0.6 is 0 Å². The molecule has 152 valence electrons. The lowest BCUT2D eigenvalue weighted by molar-refractivity contribution is -0.142. The standard InChI is InChI=1S/C22H25N3O4/c1-29-21(27)18(11-15-6-3-2-4-7-15)23-22(28)24-12-16-10-17(14-24)19-8-5-9-20(26)25(19)13-16/h2-9,16-18H,10-14H2,1H3,(H,23,28)/t16-,17+,18-/m0/s1. The van der Waals surface area contributed by atoms with Crippen LogP contribution in [0.15, 0.2) is 53.3 Å². The number of esters is 1. The molecular formula is C22H25N3O4. The van der Waals surface area contributed by atoms with E-state index in [0.717, 1.165) is 17.7 Å². The van der Waals surface area contributed by atoms with E-state index in [1.807, 2.05) is 41.0 Å². The number of likely N-dealkylation sites (tertiary alicyclic amines) is 1. The number of pyridine rings is 1. The van der Waals surface area contributed by atoms with E-state index in [4.69, 9.17) is 4.74 Å². The maximum atomic E-state index is 13.0. The van der Waals surface area contributed by atoms with E-state index in [2.05, 4.69) is 5.32 Å². The summed E-state index contributed by atoms with van der Waals surface area (Å²) in [4.78, 5) is 39.1. The summed E-state index contributed by atoms with van der Waals surface area (Å²) >= 11 is 0. The highest BCUT2D eigenvalue weighted by molar-refractivity contribution is 5.84. The van der Waals surface area contributed by atoms with Gasteiger partial charge < -0.3 is 19.5 Å². The number of benzene rings is 1. The fourth-order valence-corrected chi connectivity index (χ4v) is 4.49. The van der Waals surface area contributed by atoms with Gasteiger partial charge in [-0.25, -0.2) is 9.59 Å². The molecule has 2 bridgehead atoms. The van der Waals surface area contributed by atoms with E-state index in [1.165, 1.54) is 7.11 Å². The van der Waals surface area contributed by atoms with Gasteiger partial charge in [-0.1, -0.05) is 36.4 Å². The lowest BCUT2D eigenvalue weighted by atomic mass is 9.83. The van der Waals surface area contributed by atoms with Crippen LogP contribution in [-0.2, 0) is 22.5 Å². The van der Waals surface area contributed by atoms with Crippen LogP contribution < -0.4 is 10.9 Å². The number of hydrogen-bond donors (Lipinski definition) is 1. The van der Waals surface area contributed by atoms with Gasteiger partial charge in [0.05, 0.1) is 7.11 Å². The van der Waals surface area contributed by atoms with Crippen LogP contribution in [-0.4, -0.2) is 47.7 Å². The Hall–Kier alpha value is -3.09. The SMILES string of the molecule is COC(=O)[C@H](Cc1ccccc1)NC(=O)N1C[C@@H]2C[C@H](C1)c1cccc(=O)n1C2. The second-order valence-electron chi connectivity index (χ2n) is 7.82. The highest BCUT2D eigenvalue weighted by Crippen LogP contribution is 2.34. The summed E-state index contributed by atoms with van der Waals surface area (Å²) in [6, 6.07) is 13.9. The van der Waals surface area contributed by atoms with E-state index in [-0.39, 0.29) is 23.4 Å². The number of urea groups is 1. The molecule has 2 aromatic rings. The van der Waals surface area contributed by atoms with Gasteiger partial charge >= 0.3 is 12.0 Å². The summed E-state index contributed by atoms with van der Waals surface area (Å²) in [7, 11) is 1.33. The molecule has 0 saturated carbocycles. The van der Waals surface area contributed by atoms with Gasteiger partial charge in [0.2, 0.25) is 0 Å². The molecule has 2 amide bonds. The van der Waals surface area contributed by atoms with E-state index in [0.29, 0.717) is 26.1 Å². The number of amides is 2. The lowest BCUT2D eigenvalue weighted by Crippen LogP contribution is -2.55. The maximum Gasteiger partial charge on any atom is 0.328 e. The Kier molecular flexibility index (Phi) is 5.38. The lowest BCUT2D eigenvalue weighted by Gasteiger charge is -2.42. The fraction of sp³-hybridized carbons (Fsp3) is 0.409. The summed E-state index contributed by atoms with van der Waals surface area (Å²) in [5.41, 5.74) is 1.95. The number of rotatable bonds is 4. The van der Waals surface area contributed by atoms with Crippen molar-refractivity contribution in [3.63, 3.8) is 0 Å². The topological polar surface area (TPSA) is 80.6 Å². The summed E-state index contributed by atoms with van der Waals surface area (Å²) in [6.45, 7) is 1.73. The van der Waals surface area contributed by atoms with Gasteiger partial charge in [-0.3, -0.25) is 4.79 Å². The normalized spacial score (nSPS) is 21.1. The average molecular weight is 395 g/mol. The van der Waals surface area contributed by atoms with Crippen LogP contribution in [0.1, 0.15) is 23.6 Å². The van der Waals surface area contributed by atoms with Gasteiger partial charge in [0, 0.05) is 43.7 Å². The molecular weight excluding hydrogens is 370 g/mol. The van der Waals surface area contributed by atoms with Crippen molar-refractivity contribution in [3.05, 3.63) is 70.1 Å². The molecule has 1 saturated heterocycles. The van der Waals surface area contributed by atoms with E-state index in [9.17, 15) is 14.4 Å². The van der Waals surface area contributed by atoms with Crippen molar-refractivity contribution in [2.24, 2.45) is 5.92 Å². The van der Waals surface area contributed by atoms with Crippen molar-refractivity contribution < 1.29 is 14.3 Å². The maximum absolute atomic E-state index is 13.0. The zero-order chi connectivity index (χ0) is 20.4. The van der Waals surface area contributed by atoms with Crippen molar-refractivity contribution in [3.8, 4) is 0 Å². The molecule has 2 aliphatic heterocycles. The Bertz CT molecular complexity index is 956. The first kappa shape index (κ1) is 19.2. The van der Waals surface area contributed by atoms with Gasteiger partial charge in [0.25, 0.3) is 5.56 Å². The van der Waals surface area contributed by atoms with Crippen LogP contribution in [0.4, 0.5) is 4.79 Å². The number of fused-ring (bicyclic) bond motifs is 4. The van der Waals surface area contributed by atoms with Gasteiger partial charge in [-0.2, -0.15) is 0 Å². The van der Waals surface area contributed by atoms with Crippen molar-refractivity contribution in [2.75, 3.05) is 20.2 Å². The summed E-state index contributed by atoms with van der Waals surface area (Å²) < 4.78 is 6.73. The molecule has 3 heterocycles. The number of nitrogens with zero attached hydrogens (tertiary/aromatic N) is 2. The molecule has 7 nitrogen and oxygen atoms in total. The number of piperidine rings is 1. The molecule has 0 unspecified atom stereocenters. The Morgan fingerprint density at radius 2 is 1.90 bits per heavy atom.